The minimum atomic E-state index is -0.346. The summed E-state index contributed by atoms with van der Waals surface area (Å²) in [5.74, 6) is -0.354. The number of anilines is 1. The molecule has 0 unspecified atom stereocenters. The van der Waals surface area contributed by atoms with Gasteiger partial charge in [0.25, 0.3) is 0 Å². The van der Waals surface area contributed by atoms with Gasteiger partial charge in [0.1, 0.15) is 16.6 Å². The van der Waals surface area contributed by atoms with E-state index in [-0.39, 0.29) is 23.9 Å². The highest BCUT2D eigenvalue weighted by Crippen LogP contribution is 2.24. The largest absolute Gasteiger partial charge is 0.508 e. The lowest BCUT2D eigenvalue weighted by atomic mass is 10.2. The minimum absolute atomic E-state index is 0.153. The van der Waals surface area contributed by atoms with E-state index >= 15 is 0 Å². The third-order valence-corrected chi connectivity index (χ3v) is 4.00. The highest BCUT2D eigenvalue weighted by molar-refractivity contribution is 7.10. The van der Waals surface area contributed by atoms with E-state index in [0.717, 1.165) is 11.3 Å². The van der Waals surface area contributed by atoms with Crippen molar-refractivity contribution in [3.63, 3.8) is 0 Å². The zero-order chi connectivity index (χ0) is 16.2. The van der Waals surface area contributed by atoms with Crippen LogP contribution in [0, 0.1) is 5.82 Å². The van der Waals surface area contributed by atoms with Crippen LogP contribution in [0.3, 0.4) is 0 Å². The van der Waals surface area contributed by atoms with Crippen LogP contribution in [0.15, 0.2) is 53.9 Å². The molecule has 0 aliphatic rings. The van der Waals surface area contributed by atoms with Crippen molar-refractivity contribution >= 4 is 22.9 Å². The monoisotopic (exact) mass is 328 g/mol. The third kappa shape index (κ3) is 3.92. The topological polar surface area (TPSA) is 62.2 Å². The molecule has 1 heterocycles. The molecule has 0 bridgehead atoms. The van der Waals surface area contributed by atoms with E-state index in [9.17, 15) is 14.3 Å². The Balaban J connectivity index is 1.65. The molecule has 3 aromatic rings. The second-order valence-electron chi connectivity index (χ2n) is 4.91. The molecule has 0 aliphatic carbocycles. The Morgan fingerprint density at radius 2 is 1.83 bits per heavy atom. The van der Waals surface area contributed by atoms with Gasteiger partial charge in [0.15, 0.2) is 0 Å². The van der Waals surface area contributed by atoms with Crippen LogP contribution < -0.4 is 5.32 Å². The maximum absolute atomic E-state index is 12.8. The van der Waals surface area contributed by atoms with Crippen LogP contribution in [0.5, 0.6) is 5.75 Å². The summed E-state index contributed by atoms with van der Waals surface area (Å²) in [4.78, 5) is 16.4. The molecule has 6 heteroatoms. The first-order chi connectivity index (χ1) is 11.1. The van der Waals surface area contributed by atoms with Gasteiger partial charge in [0.05, 0.1) is 12.1 Å². The molecular formula is C17H13FN2O2S. The summed E-state index contributed by atoms with van der Waals surface area (Å²) in [7, 11) is 0. The van der Waals surface area contributed by atoms with Gasteiger partial charge in [-0.15, -0.1) is 11.3 Å². The number of nitrogens with zero attached hydrogens (tertiary/aromatic N) is 1. The first-order valence-corrected chi connectivity index (χ1v) is 7.77. The molecule has 116 valence electrons. The summed E-state index contributed by atoms with van der Waals surface area (Å²) in [6.07, 6.45) is 0.153. The molecule has 0 atom stereocenters. The van der Waals surface area contributed by atoms with Gasteiger partial charge in [0.2, 0.25) is 5.91 Å². The predicted octanol–water partition coefficient (Wildman–Crippen LogP) is 3.84. The summed E-state index contributed by atoms with van der Waals surface area (Å²) in [6, 6.07) is 12.3. The third-order valence-electron chi connectivity index (χ3n) is 3.15. The van der Waals surface area contributed by atoms with Gasteiger partial charge in [-0.05, 0) is 48.5 Å². The molecule has 0 aliphatic heterocycles. The van der Waals surface area contributed by atoms with Gasteiger partial charge in [-0.3, -0.25) is 4.79 Å². The second-order valence-corrected chi connectivity index (χ2v) is 5.85. The summed E-state index contributed by atoms with van der Waals surface area (Å²) in [5.41, 5.74) is 2.19. The summed E-state index contributed by atoms with van der Waals surface area (Å²) in [6.45, 7) is 0. The van der Waals surface area contributed by atoms with E-state index < -0.39 is 0 Å². The van der Waals surface area contributed by atoms with Crippen molar-refractivity contribution in [2.24, 2.45) is 0 Å². The fourth-order valence-corrected chi connectivity index (χ4v) is 2.83. The molecule has 2 N–H and O–H groups in total. The molecule has 0 saturated heterocycles. The maximum atomic E-state index is 12.8. The van der Waals surface area contributed by atoms with Gasteiger partial charge in [-0.2, -0.15) is 0 Å². The van der Waals surface area contributed by atoms with E-state index in [1.54, 1.807) is 24.3 Å². The second kappa shape index (κ2) is 6.58. The lowest BCUT2D eigenvalue weighted by molar-refractivity contribution is -0.115. The highest BCUT2D eigenvalue weighted by Gasteiger charge is 2.09. The zero-order valence-corrected chi connectivity index (χ0v) is 12.8. The van der Waals surface area contributed by atoms with Gasteiger partial charge in [-0.1, -0.05) is 0 Å². The van der Waals surface area contributed by atoms with Crippen molar-refractivity contribution in [1.82, 2.24) is 4.98 Å². The van der Waals surface area contributed by atoms with Gasteiger partial charge < -0.3 is 10.4 Å². The maximum Gasteiger partial charge on any atom is 0.231 e. The number of hydrogen-bond donors (Lipinski definition) is 2. The number of benzene rings is 2. The Bertz CT molecular complexity index is 813. The van der Waals surface area contributed by atoms with Crippen molar-refractivity contribution in [3.8, 4) is 17.0 Å². The number of halogens is 1. The normalized spacial score (nSPS) is 10.5. The molecule has 3 rings (SSSR count). The van der Waals surface area contributed by atoms with Crippen molar-refractivity contribution in [3.05, 3.63) is 64.7 Å². The Morgan fingerprint density at radius 1 is 1.13 bits per heavy atom. The lowest BCUT2D eigenvalue weighted by Gasteiger charge is -2.03. The zero-order valence-electron chi connectivity index (χ0n) is 12.0. The Morgan fingerprint density at radius 3 is 2.52 bits per heavy atom. The molecule has 1 amide bonds. The van der Waals surface area contributed by atoms with Crippen LogP contribution in [-0.2, 0) is 11.2 Å². The molecule has 0 saturated carbocycles. The van der Waals surface area contributed by atoms with Crippen LogP contribution >= 0.6 is 11.3 Å². The standard InChI is InChI=1S/C17H13FN2O2S/c18-12-3-5-13(6-4-12)19-16(22)9-17-20-15(10-23-17)11-1-7-14(21)8-2-11/h1-8,10,21H,9H2,(H,19,22). The number of phenols is 1. The van der Waals surface area contributed by atoms with E-state index in [1.165, 1.54) is 35.6 Å². The smallest absolute Gasteiger partial charge is 0.231 e. The average Bonchev–Trinajstić information content (AvgIpc) is 2.98. The van der Waals surface area contributed by atoms with E-state index in [4.69, 9.17) is 0 Å². The Kier molecular flexibility index (Phi) is 4.34. The van der Waals surface area contributed by atoms with Crippen LogP contribution in [-0.4, -0.2) is 16.0 Å². The fraction of sp³-hybridized carbons (Fsp3) is 0.0588. The Hall–Kier alpha value is -2.73. The SMILES string of the molecule is O=C(Cc1nc(-c2ccc(O)cc2)cs1)Nc1ccc(F)cc1. The van der Waals surface area contributed by atoms with Crippen LogP contribution in [0.1, 0.15) is 5.01 Å². The van der Waals surface area contributed by atoms with Crippen molar-refractivity contribution in [2.75, 3.05) is 5.32 Å². The highest BCUT2D eigenvalue weighted by atomic mass is 32.1. The number of nitrogens with one attached hydrogen (secondary N) is 1. The number of rotatable bonds is 4. The summed E-state index contributed by atoms with van der Waals surface area (Å²) >= 11 is 1.40. The quantitative estimate of drug-likeness (QED) is 0.765. The molecule has 1 aromatic heterocycles. The molecule has 2 aromatic carbocycles. The number of amides is 1. The number of carbonyl (C=O) groups excluding carboxylic acids is 1. The van der Waals surface area contributed by atoms with Crippen LogP contribution in [0.4, 0.5) is 10.1 Å². The van der Waals surface area contributed by atoms with E-state index in [0.29, 0.717) is 10.7 Å². The average molecular weight is 328 g/mol. The molecule has 0 spiro atoms. The number of aromatic hydroxyl groups is 1. The molecule has 0 fully saturated rings. The molecule has 4 nitrogen and oxygen atoms in total. The van der Waals surface area contributed by atoms with Crippen LogP contribution in [0.2, 0.25) is 0 Å². The van der Waals surface area contributed by atoms with Gasteiger partial charge in [-0.25, -0.2) is 9.37 Å². The van der Waals surface area contributed by atoms with Crippen molar-refractivity contribution < 1.29 is 14.3 Å². The number of carbonyl (C=O) groups is 1. The summed E-state index contributed by atoms with van der Waals surface area (Å²) in [5, 5.41) is 14.5. The van der Waals surface area contributed by atoms with Crippen molar-refractivity contribution in [2.45, 2.75) is 6.42 Å². The first-order valence-electron chi connectivity index (χ1n) is 6.89. The fourth-order valence-electron chi connectivity index (χ4n) is 2.03. The molecular weight excluding hydrogens is 315 g/mol. The van der Waals surface area contributed by atoms with E-state index in [2.05, 4.69) is 10.3 Å². The number of aromatic nitrogens is 1. The van der Waals surface area contributed by atoms with Gasteiger partial charge in [0, 0.05) is 16.6 Å². The van der Waals surface area contributed by atoms with Gasteiger partial charge >= 0.3 is 0 Å². The number of thiazole rings is 1. The summed E-state index contributed by atoms with van der Waals surface area (Å²) < 4.78 is 12.8. The number of phenolic OH excluding ortho intramolecular Hbond substituents is 1. The van der Waals surface area contributed by atoms with Crippen molar-refractivity contribution in [1.29, 1.82) is 0 Å². The lowest BCUT2D eigenvalue weighted by Crippen LogP contribution is -2.14. The molecule has 23 heavy (non-hydrogen) atoms. The first kappa shape index (κ1) is 15.2. The Labute approximate surface area is 136 Å². The molecule has 0 radical (unpaired) electrons. The number of hydrogen-bond acceptors (Lipinski definition) is 4. The predicted molar refractivity (Wildman–Crippen MR) is 87.9 cm³/mol. The van der Waals surface area contributed by atoms with Crippen LogP contribution in [0.25, 0.3) is 11.3 Å². The minimum Gasteiger partial charge on any atom is -0.508 e. The van der Waals surface area contributed by atoms with E-state index in [1.807, 2.05) is 5.38 Å².